The van der Waals surface area contributed by atoms with E-state index in [1.165, 1.54) is 15.7 Å². The number of likely N-dealkylation sites (N-methyl/N-ethyl adjacent to an activating group) is 1. The number of aromatic nitrogens is 1. The fourth-order valence-corrected chi connectivity index (χ4v) is 3.49. The molecule has 122 valence electrons. The molecule has 0 saturated heterocycles. The zero-order valence-corrected chi connectivity index (χ0v) is 15.4. The molecule has 0 radical (unpaired) electrons. The largest absolute Gasteiger partial charge is 0.347 e. The molecule has 1 N–H and O–H groups in total. The van der Waals surface area contributed by atoms with E-state index < -0.39 is 0 Å². The highest BCUT2D eigenvalue weighted by molar-refractivity contribution is 7.15. The molecule has 0 aliphatic heterocycles. The second kappa shape index (κ2) is 9.38. The molecule has 0 aliphatic rings. The first-order chi connectivity index (χ1) is 10.0. The minimum Gasteiger partial charge on any atom is -0.347 e. The van der Waals surface area contributed by atoms with Crippen molar-refractivity contribution in [1.82, 2.24) is 15.2 Å². The van der Waals surface area contributed by atoms with Crippen LogP contribution in [0.25, 0.3) is 0 Å². The van der Waals surface area contributed by atoms with E-state index in [9.17, 15) is 0 Å². The van der Waals surface area contributed by atoms with Crippen molar-refractivity contribution in [2.24, 2.45) is 0 Å². The van der Waals surface area contributed by atoms with Crippen LogP contribution in [0.5, 0.6) is 0 Å². The number of hydrogen-bond donors (Lipinski definition) is 1. The normalized spacial score (nSPS) is 12.9. The van der Waals surface area contributed by atoms with Gasteiger partial charge in [-0.25, -0.2) is 4.98 Å². The highest BCUT2D eigenvalue weighted by Crippen LogP contribution is 2.32. The van der Waals surface area contributed by atoms with Crippen molar-refractivity contribution in [2.75, 3.05) is 45.7 Å². The SMILES string of the molecule is CCCN(CCN(C)C)c1nc(C(C)CC)c(CNC)s1. The highest BCUT2D eigenvalue weighted by Gasteiger charge is 2.18. The molecule has 4 nitrogen and oxygen atoms in total. The molecule has 1 unspecified atom stereocenters. The average Bonchev–Trinajstić information content (AvgIpc) is 2.86. The van der Waals surface area contributed by atoms with Crippen LogP contribution in [0.2, 0.25) is 0 Å². The third kappa shape index (κ3) is 5.57. The van der Waals surface area contributed by atoms with Gasteiger partial charge in [0.2, 0.25) is 0 Å². The lowest BCUT2D eigenvalue weighted by molar-refractivity contribution is 0.413. The summed E-state index contributed by atoms with van der Waals surface area (Å²) >= 11 is 1.86. The standard InChI is InChI=1S/C16H32N4S/c1-7-9-20(11-10-19(5)6)16-18-15(13(3)8-2)14(21-16)12-17-4/h13,17H,7-12H2,1-6H3. The van der Waals surface area contributed by atoms with E-state index in [0.29, 0.717) is 5.92 Å². The number of thiazole rings is 1. The Morgan fingerprint density at radius 1 is 1.19 bits per heavy atom. The van der Waals surface area contributed by atoms with E-state index in [0.717, 1.165) is 39.0 Å². The van der Waals surface area contributed by atoms with E-state index in [-0.39, 0.29) is 0 Å². The van der Waals surface area contributed by atoms with Crippen molar-refractivity contribution in [3.8, 4) is 0 Å². The van der Waals surface area contributed by atoms with Gasteiger partial charge in [0.25, 0.3) is 0 Å². The van der Waals surface area contributed by atoms with E-state index >= 15 is 0 Å². The van der Waals surface area contributed by atoms with Crippen LogP contribution in [0.15, 0.2) is 0 Å². The van der Waals surface area contributed by atoms with Gasteiger partial charge in [-0.1, -0.05) is 20.8 Å². The summed E-state index contributed by atoms with van der Waals surface area (Å²) < 4.78 is 0. The molecular weight excluding hydrogens is 280 g/mol. The number of nitrogens with one attached hydrogen (secondary N) is 1. The second-order valence-electron chi connectivity index (χ2n) is 5.93. The van der Waals surface area contributed by atoms with E-state index in [1.54, 1.807) is 0 Å². The van der Waals surface area contributed by atoms with Gasteiger partial charge in [0, 0.05) is 31.1 Å². The molecule has 0 aromatic carbocycles. The molecular formula is C16H32N4S. The minimum atomic E-state index is 0.538. The topological polar surface area (TPSA) is 31.4 Å². The average molecular weight is 313 g/mol. The molecule has 5 heteroatoms. The predicted octanol–water partition coefficient (Wildman–Crippen LogP) is 3.15. The third-order valence-corrected chi connectivity index (χ3v) is 4.85. The molecule has 0 bridgehead atoms. The second-order valence-corrected chi connectivity index (χ2v) is 7.00. The number of nitrogens with zero attached hydrogens (tertiary/aromatic N) is 3. The molecule has 21 heavy (non-hydrogen) atoms. The first-order valence-corrected chi connectivity index (χ1v) is 8.88. The monoisotopic (exact) mass is 312 g/mol. The fraction of sp³-hybridized carbons (Fsp3) is 0.812. The molecule has 1 rings (SSSR count). The number of hydrogen-bond acceptors (Lipinski definition) is 5. The van der Waals surface area contributed by atoms with Gasteiger partial charge in [0.15, 0.2) is 5.13 Å². The molecule has 1 aromatic rings. The summed E-state index contributed by atoms with van der Waals surface area (Å²) in [5, 5.41) is 4.48. The summed E-state index contributed by atoms with van der Waals surface area (Å²) in [6.07, 6.45) is 2.30. The lowest BCUT2D eigenvalue weighted by Crippen LogP contribution is -2.32. The maximum atomic E-state index is 4.98. The summed E-state index contributed by atoms with van der Waals surface area (Å²) in [7, 11) is 6.27. The van der Waals surface area contributed by atoms with Crippen LogP contribution in [0.1, 0.15) is 50.1 Å². The molecule has 0 spiro atoms. The molecule has 1 heterocycles. The quantitative estimate of drug-likeness (QED) is 0.719. The Kier molecular flexibility index (Phi) is 8.22. The van der Waals surface area contributed by atoms with Crippen LogP contribution >= 0.6 is 11.3 Å². The van der Waals surface area contributed by atoms with Crippen molar-refractivity contribution in [1.29, 1.82) is 0 Å². The lowest BCUT2D eigenvalue weighted by atomic mass is 10.0. The minimum absolute atomic E-state index is 0.538. The smallest absolute Gasteiger partial charge is 0.185 e. The zero-order chi connectivity index (χ0) is 15.8. The Balaban J connectivity index is 2.96. The van der Waals surface area contributed by atoms with Gasteiger partial charge < -0.3 is 15.1 Å². The number of rotatable bonds is 10. The molecule has 0 fully saturated rings. The Morgan fingerprint density at radius 3 is 2.43 bits per heavy atom. The Hall–Kier alpha value is -0.650. The highest BCUT2D eigenvalue weighted by atomic mass is 32.1. The van der Waals surface area contributed by atoms with Crippen LogP contribution < -0.4 is 10.2 Å². The van der Waals surface area contributed by atoms with Gasteiger partial charge in [0.05, 0.1) is 5.69 Å². The Morgan fingerprint density at radius 2 is 1.90 bits per heavy atom. The Labute approximate surface area is 134 Å². The van der Waals surface area contributed by atoms with Crippen molar-refractivity contribution >= 4 is 16.5 Å². The van der Waals surface area contributed by atoms with Crippen LogP contribution in [-0.4, -0.2) is 50.7 Å². The summed E-state index contributed by atoms with van der Waals surface area (Å²) in [5.41, 5.74) is 1.29. The zero-order valence-electron chi connectivity index (χ0n) is 14.6. The van der Waals surface area contributed by atoms with Gasteiger partial charge in [-0.15, -0.1) is 11.3 Å². The van der Waals surface area contributed by atoms with Crippen molar-refractivity contribution in [3.63, 3.8) is 0 Å². The molecule has 1 atom stereocenters. The van der Waals surface area contributed by atoms with Crippen LogP contribution in [0.3, 0.4) is 0 Å². The molecule has 0 saturated carbocycles. The maximum Gasteiger partial charge on any atom is 0.185 e. The van der Waals surface area contributed by atoms with Gasteiger partial charge in [-0.05, 0) is 39.9 Å². The molecule has 0 aliphatic carbocycles. The summed E-state index contributed by atoms with van der Waals surface area (Å²) in [6, 6.07) is 0. The van der Waals surface area contributed by atoms with Crippen LogP contribution in [-0.2, 0) is 6.54 Å². The van der Waals surface area contributed by atoms with Crippen LogP contribution in [0, 0.1) is 0 Å². The molecule has 0 amide bonds. The predicted molar refractivity (Wildman–Crippen MR) is 94.6 cm³/mol. The summed E-state index contributed by atoms with van der Waals surface area (Å²) in [5.74, 6) is 0.538. The fourth-order valence-electron chi connectivity index (χ4n) is 2.25. The Bertz CT molecular complexity index is 403. The van der Waals surface area contributed by atoms with Crippen molar-refractivity contribution in [3.05, 3.63) is 10.6 Å². The van der Waals surface area contributed by atoms with Gasteiger partial charge in [-0.2, -0.15) is 0 Å². The summed E-state index contributed by atoms with van der Waals surface area (Å²) in [6.45, 7) is 10.9. The first-order valence-electron chi connectivity index (χ1n) is 8.07. The summed E-state index contributed by atoms with van der Waals surface area (Å²) in [4.78, 5) is 11.1. The third-order valence-electron chi connectivity index (χ3n) is 3.71. The van der Waals surface area contributed by atoms with E-state index in [1.807, 2.05) is 18.4 Å². The van der Waals surface area contributed by atoms with Gasteiger partial charge >= 0.3 is 0 Å². The van der Waals surface area contributed by atoms with Crippen molar-refractivity contribution < 1.29 is 0 Å². The van der Waals surface area contributed by atoms with Gasteiger partial charge in [-0.3, -0.25) is 0 Å². The van der Waals surface area contributed by atoms with Crippen LogP contribution in [0.4, 0.5) is 5.13 Å². The van der Waals surface area contributed by atoms with E-state index in [2.05, 4.69) is 50.0 Å². The van der Waals surface area contributed by atoms with E-state index in [4.69, 9.17) is 4.98 Å². The number of anilines is 1. The van der Waals surface area contributed by atoms with Gasteiger partial charge in [0.1, 0.15) is 0 Å². The van der Waals surface area contributed by atoms with Crippen molar-refractivity contribution in [2.45, 2.75) is 46.1 Å². The first kappa shape index (κ1) is 18.4. The molecule has 1 aromatic heterocycles. The lowest BCUT2D eigenvalue weighted by Gasteiger charge is -2.23. The maximum absolute atomic E-state index is 4.98.